The van der Waals surface area contributed by atoms with Crippen LogP contribution in [0.15, 0.2) is 138 Å². The van der Waals surface area contributed by atoms with Crippen molar-refractivity contribution in [3.63, 3.8) is 0 Å². The third kappa shape index (κ3) is 6.73. The molecule has 6 aromatic carbocycles. The second-order valence-electron chi connectivity index (χ2n) is 15.1. The molecule has 0 amide bonds. The Hall–Kier alpha value is -5.17. The maximum atomic E-state index is 8.48. The van der Waals surface area contributed by atoms with Crippen molar-refractivity contribution in [3.05, 3.63) is 157 Å². The molecular weight excluding hydrogens is 899 g/mol. The molecule has 0 N–H and O–H groups in total. The maximum absolute atomic E-state index is 8.48. The van der Waals surface area contributed by atoms with Crippen molar-refractivity contribution in [2.75, 3.05) is 0 Å². The van der Waals surface area contributed by atoms with E-state index in [9.17, 15) is 0 Å². The Labute approximate surface area is 351 Å². The molecule has 0 fully saturated rings. The van der Waals surface area contributed by atoms with Crippen molar-refractivity contribution >= 4 is 77.7 Å². The van der Waals surface area contributed by atoms with E-state index >= 15 is 0 Å². The zero-order chi connectivity index (χ0) is 41.3. The zero-order valence-corrected chi connectivity index (χ0v) is 35.9. The number of pyridine rings is 1. The summed E-state index contributed by atoms with van der Waals surface area (Å²) >= 11 is 1.80. The SMILES string of the molecule is [2H]C([2H])([2H])c1c[c-]c(-c2cc(C([2H])(C)C)c([Si](C)(C)C)cn2)cc1.[Ir].[c-]1ccc2c(sc3ccccc32)c1-c1nc2ccccc2n1-c1cccc2c1oc1ccccc12. The van der Waals surface area contributed by atoms with Gasteiger partial charge in [-0.05, 0) is 57.2 Å². The number of fused-ring (bicyclic) bond motifs is 7. The standard InChI is InChI=1S/C31H17N2OS.C18H24NSi.Ir/c1-5-17-27-19(9-1)21-11-8-16-26(29(21)34-27)33-25-15-4-3-14-24(25)32-31(33)23-13-7-12-22-20-10-2-6-18-28(20)35-30(22)23;1-13(2)16-11-17(15-9-7-14(3)8-10-15)19-12-18(16)20(4,5)6;/h1-12,14-18H;7-9,11-13H,1-6H3;/q2*-1;/i;3D3,13D;. The molecule has 0 aliphatic carbocycles. The summed E-state index contributed by atoms with van der Waals surface area (Å²) < 4.78 is 41.9. The molecule has 279 valence electrons. The van der Waals surface area contributed by atoms with Crippen molar-refractivity contribution < 1.29 is 30.0 Å². The molecule has 0 aliphatic heterocycles. The first-order valence-electron chi connectivity index (χ1n) is 20.4. The summed E-state index contributed by atoms with van der Waals surface area (Å²) in [5.74, 6) is 0.155. The topological polar surface area (TPSA) is 43.9 Å². The number of nitrogens with zero attached hydrogens (tertiary/aromatic N) is 3. The number of hydrogen-bond acceptors (Lipinski definition) is 4. The number of rotatable bonds is 5. The second kappa shape index (κ2) is 15.1. The summed E-state index contributed by atoms with van der Waals surface area (Å²) in [5, 5.41) is 5.91. The first kappa shape index (κ1) is 33.0. The normalized spacial score (nSPS) is 13.2. The van der Waals surface area contributed by atoms with Crippen LogP contribution >= 0.6 is 11.3 Å². The van der Waals surface area contributed by atoms with Crippen molar-refractivity contribution in [3.8, 4) is 28.3 Å². The molecule has 0 aliphatic rings. The van der Waals surface area contributed by atoms with E-state index in [1.807, 2.05) is 50.4 Å². The molecule has 4 heterocycles. The molecule has 10 rings (SSSR count). The van der Waals surface area contributed by atoms with Gasteiger partial charge in [0.15, 0.2) is 5.58 Å². The van der Waals surface area contributed by atoms with Gasteiger partial charge in [0, 0.05) is 47.3 Å². The number of aryl methyl sites for hydroxylation is 1. The van der Waals surface area contributed by atoms with Gasteiger partial charge in [-0.1, -0.05) is 124 Å². The van der Waals surface area contributed by atoms with Crippen molar-refractivity contribution in [2.45, 2.75) is 46.2 Å². The molecule has 56 heavy (non-hydrogen) atoms. The first-order chi connectivity index (χ1) is 28.2. The van der Waals surface area contributed by atoms with Crippen molar-refractivity contribution in [2.24, 2.45) is 0 Å². The van der Waals surface area contributed by atoms with Crippen LogP contribution in [0.4, 0.5) is 0 Å². The Bertz CT molecular complexity index is 3190. The van der Waals surface area contributed by atoms with Gasteiger partial charge >= 0.3 is 0 Å². The van der Waals surface area contributed by atoms with Crippen molar-refractivity contribution in [1.82, 2.24) is 14.5 Å². The van der Waals surface area contributed by atoms with E-state index < -0.39 is 20.8 Å². The van der Waals surface area contributed by atoms with Crippen LogP contribution in [0, 0.1) is 19.0 Å². The number of benzene rings is 6. The number of thiophene rings is 1. The fourth-order valence-electron chi connectivity index (χ4n) is 7.40. The van der Waals surface area contributed by atoms with Crippen LogP contribution in [0.25, 0.3) is 81.5 Å². The smallest absolute Gasteiger partial charge is 0.158 e. The molecular formula is C49H41IrN3OSSi-2. The number of hydrogen-bond donors (Lipinski definition) is 0. The van der Waals surface area contributed by atoms with E-state index in [1.165, 1.54) is 31.4 Å². The summed E-state index contributed by atoms with van der Waals surface area (Å²) in [7, 11) is -1.61. The maximum Gasteiger partial charge on any atom is 0.158 e. The number of imidazole rings is 1. The van der Waals surface area contributed by atoms with Crippen LogP contribution in [-0.2, 0) is 20.1 Å². The zero-order valence-electron chi connectivity index (χ0n) is 35.7. The summed E-state index contributed by atoms with van der Waals surface area (Å²) in [5.41, 5.74) is 8.46. The minimum absolute atomic E-state index is 0. The average Bonchev–Trinajstić information content (AvgIpc) is 3.91. The summed E-state index contributed by atoms with van der Waals surface area (Å²) in [6, 6.07) is 48.9. The monoisotopic (exact) mass is 944 g/mol. The Balaban J connectivity index is 0.000000177. The summed E-state index contributed by atoms with van der Waals surface area (Å²) in [6.45, 7) is 8.38. The Morgan fingerprint density at radius 3 is 2.38 bits per heavy atom. The molecule has 10 aromatic rings. The van der Waals surface area contributed by atoms with Crippen LogP contribution in [-0.4, -0.2) is 22.6 Å². The number of furan rings is 1. The van der Waals surface area contributed by atoms with Crippen LogP contribution in [0.2, 0.25) is 19.6 Å². The van der Waals surface area contributed by atoms with Gasteiger partial charge in [-0.15, -0.1) is 53.6 Å². The van der Waals surface area contributed by atoms with Gasteiger partial charge in [-0.2, -0.15) is 11.3 Å². The van der Waals surface area contributed by atoms with Gasteiger partial charge < -0.3 is 14.0 Å². The quantitative estimate of drug-likeness (QED) is 0.128. The van der Waals surface area contributed by atoms with Crippen LogP contribution in [0.5, 0.6) is 0 Å². The molecule has 7 heteroatoms. The Kier molecular flexibility index (Phi) is 8.87. The van der Waals surface area contributed by atoms with Gasteiger partial charge in [-0.25, -0.2) is 0 Å². The van der Waals surface area contributed by atoms with Gasteiger partial charge in [0.2, 0.25) is 0 Å². The third-order valence-electron chi connectivity index (χ3n) is 10.1. The molecule has 0 unspecified atom stereocenters. The van der Waals surface area contributed by atoms with E-state index in [1.54, 1.807) is 23.5 Å². The fraction of sp³-hybridized carbons (Fsp3) is 0.143. The van der Waals surface area contributed by atoms with Gasteiger partial charge in [0.1, 0.15) is 5.58 Å². The van der Waals surface area contributed by atoms with Gasteiger partial charge in [0.05, 0.1) is 30.6 Å². The Morgan fingerprint density at radius 1 is 0.821 bits per heavy atom. The minimum atomic E-state index is -2.13. The number of para-hydroxylation sites is 4. The molecule has 1 radical (unpaired) electrons. The molecule has 0 saturated carbocycles. The van der Waals surface area contributed by atoms with E-state index in [2.05, 4.69) is 120 Å². The van der Waals surface area contributed by atoms with Crippen LogP contribution in [0.3, 0.4) is 0 Å². The molecule has 4 aromatic heterocycles. The number of aromatic nitrogens is 3. The fourth-order valence-corrected chi connectivity index (χ4v) is 10.2. The minimum Gasteiger partial charge on any atom is -0.454 e. The summed E-state index contributed by atoms with van der Waals surface area (Å²) in [4.78, 5) is 9.70. The largest absolute Gasteiger partial charge is 0.454 e. The predicted octanol–water partition coefficient (Wildman–Crippen LogP) is 13.3. The molecule has 0 spiro atoms. The molecule has 0 bridgehead atoms. The van der Waals surface area contributed by atoms with Gasteiger partial charge in [-0.3, -0.25) is 4.98 Å². The van der Waals surface area contributed by atoms with Crippen molar-refractivity contribution in [1.29, 1.82) is 0 Å². The van der Waals surface area contributed by atoms with Crippen LogP contribution < -0.4 is 5.19 Å². The van der Waals surface area contributed by atoms with E-state index in [-0.39, 0.29) is 25.7 Å². The predicted molar refractivity (Wildman–Crippen MR) is 236 cm³/mol. The molecule has 4 nitrogen and oxygen atoms in total. The van der Waals surface area contributed by atoms with E-state index in [4.69, 9.17) is 14.9 Å². The Morgan fingerprint density at radius 2 is 1.59 bits per heavy atom. The average molecular weight is 944 g/mol. The molecule has 0 saturated heterocycles. The van der Waals surface area contributed by atoms with E-state index in [0.29, 0.717) is 0 Å². The van der Waals surface area contributed by atoms with Gasteiger partial charge in [0.25, 0.3) is 0 Å². The molecule has 0 atom stereocenters. The third-order valence-corrected chi connectivity index (χ3v) is 13.3. The second-order valence-corrected chi connectivity index (χ2v) is 21.2. The van der Waals surface area contributed by atoms with Crippen LogP contribution in [0.1, 0.15) is 36.4 Å². The summed E-state index contributed by atoms with van der Waals surface area (Å²) in [6.07, 6.45) is 1.89. The van der Waals surface area contributed by atoms with E-state index in [0.717, 1.165) is 66.9 Å². The first-order valence-corrected chi connectivity index (χ1v) is 22.7.